The normalized spacial score (nSPS) is 14.9. The zero-order valence-electron chi connectivity index (χ0n) is 24.0. The third kappa shape index (κ3) is 6.51. The topological polar surface area (TPSA) is 97.4 Å². The highest BCUT2D eigenvalue weighted by Gasteiger charge is 2.09. The lowest BCUT2D eigenvalue weighted by Crippen LogP contribution is -2.07. The maximum atomic E-state index is 14.5. The summed E-state index contributed by atoms with van der Waals surface area (Å²) in [6.45, 7) is 0.0814. The third-order valence-electron chi connectivity index (χ3n) is 3.56. The molecule has 0 spiro atoms. The first kappa shape index (κ1) is 13.3. The van der Waals surface area contributed by atoms with E-state index < -0.39 is 50.1 Å². The minimum absolute atomic E-state index is 0.0658. The van der Waals surface area contributed by atoms with Crippen LogP contribution in [0.15, 0.2) is 67.3 Å². The Balaban J connectivity index is 1.75. The van der Waals surface area contributed by atoms with Crippen molar-refractivity contribution in [2.24, 2.45) is 0 Å². The lowest BCUT2D eigenvalue weighted by Gasteiger charge is -2.11. The van der Waals surface area contributed by atoms with Crippen LogP contribution in [0, 0.1) is 5.82 Å². The van der Waals surface area contributed by atoms with Crippen molar-refractivity contribution < 1.29 is 29.6 Å². The number of nitrogens with zero attached hydrogens (tertiary/aromatic N) is 2. The molecule has 0 saturated heterocycles. The number of halogens is 1. The number of anilines is 5. The summed E-state index contributed by atoms with van der Waals surface area (Å²) in [6.07, 6.45) is 1.83. The van der Waals surface area contributed by atoms with E-state index in [1.807, 2.05) is 0 Å². The van der Waals surface area contributed by atoms with Gasteiger partial charge in [0.15, 0.2) is 11.6 Å². The van der Waals surface area contributed by atoms with Gasteiger partial charge in [-0.3, -0.25) is 4.79 Å². The van der Waals surface area contributed by atoms with Crippen molar-refractivity contribution in [2.75, 3.05) is 36.2 Å². The van der Waals surface area contributed by atoms with Gasteiger partial charge in [0.2, 0.25) is 11.9 Å². The maximum Gasteiger partial charge on any atom is 0.247 e. The number of benzene rings is 2. The Morgan fingerprint density at radius 2 is 2.10 bits per heavy atom. The first-order valence-corrected chi connectivity index (χ1v) is 8.71. The van der Waals surface area contributed by atoms with Crippen LogP contribution in [0.25, 0.3) is 0 Å². The Kier molecular flexibility index (Phi) is 4.61. The number of nitrogens with one attached hydrogen (secondary N) is 3. The van der Waals surface area contributed by atoms with Crippen LogP contribution in [0.4, 0.5) is 33.2 Å². The molecule has 1 amide bonds. The van der Waals surface area contributed by atoms with Crippen molar-refractivity contribution in [3.05, 3.63) is 73.1 Å². The van der Waals surface area contributed by atoms with Gasteiger partial charge in [-0.25, -0.2) is 9.37 Å². The summed E-state index contributed by atoms with van der Waals surface area (Å²) in [6, 6.07) is 5.59. The second kappa shape index (κ2) is 10.7. The van der Waals surface area contributed by atoms with E-state index in [0.29, 0.717) is 5.69 Å². The smallest absolute Gasteiger partial charge is 0.247 e. The summed E-state index contributed by atoms with van der Waals surface area (Å²) in [4.78, 5) is 19.5. The van der Waals surface area contributed by atoms with E-state index in [2.05, 4.69) is 37.2 Å². The number of hydrogen-bond donors (Lipinski definition) is 3. The van der Waals surface area contributed by atoms with Gasteiger partial charge in [-0.1, -0.05) is 12.6 Å². The highest BCUT2D eigenvalue weighted by atomic mass is 19.1. The number of rotatable bonds is 10. The fraction of sp³-hybridized carbons (Fsp3) is 0.136. The van der Waals surface area contributed by atoms with E-state index in [1.165, 1.54) is 30.3 Å². The van der Waals surface area contributed by atoms with Crippen molar-refractivity contribution in [1.29, 1.82) is 0 Å². The number of carbonyl (C=O) groups is 1. The number of methoxy groups -OCH3 is 1. The number of hydrogen-bond acceptors (Lipinski definition) is 7. The Morgan fingerprint density at radius 1 is 1.29 bits per heavy atom. The summed E-state index contributed by atoms with van der Waals surface area (Å²) in [5.74, 6) is -1.87. The monoisotopic (exact) mass is 431 g/mol. The Labute approximate surface area is 190 Å². The molecule has 1 heterocycles. The van der Waals surface area contributed by atoms with E-state index in [1.54, 1.807) is 0 Å². The molecule has 0 unspecified atom stereocenters. The van der Waals surface area contributed by atoms with E-state index in [4.69, 9.17) is 15.7 Å². The van der Waals surface area contributed by atoms with Crippen LogP contribution in [-0.2, 0) is 9.53 Å². The number of ether oxygens (including phenoxy) is 2. The summed E-state index contributed by atoms with van der Waals surface area (Å²) in [5, 5.41) is 7.74. The standard InChI is InChI=1S/C22H22FN5O3/c1-3-20(29)25-16-5-4-6-17(13-16)26-21-19(23)14-24-22(28-21)27-15-7-9-18(10-8-15)31-12-11-30-2/h3-10,13-14H,1,11-12H2,2H3,(H,25,29)(H2,24,26,27,28)/i2D3,4D,5D,6D,12D2. The molecule has 3 N–H and O–H groups in total. The van der Waals surface area contributed by atoms with Gasteiger partial charge in [-0.15, -0.1) is 0 Å². The number of amides is 1. The van der Waals surface area contributed by atoms with Gasteiger partial charge in [0, 0.05) is 24.1 Å². The van der Waals surface area contributed by atoms with Crippen LogP contribution in [0.5, 0.6) is 5.75 Å². The van der Waals surface area contributed by atoms with Crippen LogP contribution < -0.4 is 20.7 Å². The highest BCUT2D eigenvalue weighted by Crippen LogP contribution is 2.23. The van der Waals surface area contributed by atoms with Gasteiger partial charge in [-0.2, -0.15) is 4.98 Å². The van der Waals surface area contributed by atoms with E-state index in [9.17, 15) is 9.18 Å². The predicted molar refractivity (Wildman–Crippen MR) is 118 cm³/mol. The second-order valence-corrected chi connectivity index (χ2v) is 5.74. The molecule has 0 radical (unpaired) electrons. The van der Waals surface area contributed by atoms with Crippen molar-refractivity contribution in [1.82, 2.24) is 9.97 Å². The molecule has 160 valence electrons. The SMILES string of the molecule is [2H]c1c(NC(=O)C=C)cc(Nc2nc(Nc3ccc(OC([2H])([2H])COC([2H])([2H])[2H])cc3)ncc2F)c([2H])c1[2H]. The van der Waals surface area contributed by atoms with Crippen LogP contribution in [0.2, 0.25) is 0 Å². The molecule has 9 heteroatoms. The van der Waals surface area contributed by atoms with Crippen LogP contribution in [0.3, 0.4) is 0 Å². The van der Waals surface area contributed by atoms with E-state index in [-0.39, 0.29) is 28.9 Å². The number of carbonyl (C=O) groups excluding carboxylic acids is 1. The summed E-state index contributed by atoms with van der Waals surface area (Å²) < 4.78 is 84.5. The molecule has 8 nitrogen and oxygen atoms in total. The zero-order valence-corrected chi connectivity index (χ0v) is 16.0. The maximum absolute atomic E-state index is 14.5. The Hall–Kier alpha value is -3.98. The molecule has 0 aliphatic rings. The first-order chi connectivity index (χ1) is 18.2. The summed E-state index contributed by atoms with van der Waals surface area (Å²) in [5.41, 5.74) is 0.215. The average molecular weight is 431 g/mol. The van der Waals surface area contributed by atoms with E-state index >= 15 is 0 Å². The quantitative estimate of drug-likeness (QED) is 0.413. The molecule has 0 bridgehead atoms. The van der Waals surface area contributed by atoms with Gasteiger partial charge in [0.05, 0.1) is 23.8 Å². The molecular formula is C22H22FN5O3. The van der Waals surface area contributed by atoms with Crippen LogP contribution in [-0.4, -0.2) is 36.1 Å². The van der Waals surface area contributed by atoms with Crippen molar-refractivity contribution in [3.8, 4) is 5.75 Å². The van der Waals surface area contributed by atoms with Crippen molar-refractivity contribution >= 4 is 34.7 Å². The third-order valence-corrected chi connectivity index (χ3v) is 3.56. The van der Waals surface area contributed by atoms with Crippen LogP contribution >= 0.6 is 0 Å². The molecule has 0 fully saturated rings. The molecule has 31 heavy (non-hydrogen) atoms. The van der Waals surface area contributed by atoms with Gasteiger partial charge in [-0.05, 0) is 48.5 Å². The molecule has 3 rings (SSSR count). The molecule has 3 aromatic rings. The average Bonchev–Trinajstić information content (AvgIpc) is 2.87. The zero-order chi connectivity index (χ0) is 29.0. The van der Waals surface area contributed by atoms with Crippen molar-refractivity contribution in [2.45, 2.75) is 0 Å². The fourth-order valence-corrected chi connectivity index (χ4v) is 2.22. The van der Waals surface area contributed by atoms with E-state index in [0.717, 1.165) is 12.3 Å². The molecule has 2 aromatic carbocycles. The molecule has 0 aliphatic carbocycles. The lowest BCUT2D eigenvalue weighted by molar-refractivity contribution is -0.111. The molecular weight excluding hydrogens is 401 g/mol. The summed E-state index contributed by atoms with van der Waals surface area (Å²) >= 11 is 0. The molecule has 0 atom stereocenters. The van der Waals surface area contributed by atoms with Gasteiger partial charge >= 0.3 is 0 Å². The minimum atomic E-state index is -2.77. The number of aromatic nitrogens is 2. The van der Waals surface area contributed by atoms with Gasteiger partial charge in [0.1, 0.15) is 12.3 Å². The first-order valence-electron chi connectivity index (χ1n) is 12.7. The largest absolute Gasteiger partial charge is 0.491 e. The predicted octanol–water partition coefficient (Wildman–Crippen LogP) is 4.25. The van der Waals surface area contributed by atoms with Gasteiger partial charge < -0.3 is 25.4 Å². The minimum Gasteiger partial charge on any atom is -0.491 e. The molecule has 0 aliphatic heterocycles. The van der Waals surface area contributed by atoms with Crippen molar-refractivity contribution in [3.63, 3.8) is 0 Å². The lowest BCUT2D eigenvalue weighted by atomic mass is 10.2. The summed E-state index contributed by atoms with van der Waals surface area (Å²) in [7, 11) is -2.77. The van der Waals surface area contributed by atoms with Gasteiger partial charge in [0.25, 0.3) is 0 Å². The Morgan fingerprint density at radius 3 is 2.87 bits per heavy atom. The second-order valence-electron chi connectivity index (χ2n) is 5.74. The fourth-order valence-electron chi connectivity index (χ4n) is 2.22. The Bertz CT molecular complexity index is 1370. The molecule has 0 saturated carbocycles. The molecule has 1 aromatic heterocycles. The van der Waals surface area contributed by atoms with Crippen LogP contribution in [0.1, 0.15) is 11.0 Å². The highest BCUT2D eigenvalue weighted by molar-refractivity contribution is 5.99.